The van der Waals surface area contributed by atoms with E-state index in [1.165, 1.54) is 0 Å². The van der Waals surface area contributed by atoms with Crippen molar-refractivity contribution in [3.8, 4) is 0 Å². The molecule has 0 aromatic carbocycles. The summed E-state index contributed by atoms with van der Waals surface area (Å²) in [5, 5.41) is 3.54. The largest absolute Gasteiger partial charge is 0.340 e. The van der Waals surface area contributed by atoms with E-state index in [1.807, 2.05) is 0 Å². The third-order valence-electron chi connectivity index (χ3n) is 4.34. The molecular weight excluding hydrogens is 306 g/mol. The number of piperazine rings is 1. The first-order valence-electron chi connectivity index (χ1n) is 7.98. The van der Waals surface area contributed by atoms with Gasteiger partial charge in [0.1, 0.15) is 0 Å². The number of halogens is 1. The fourth-order valence-electron chi connectivity index (χ4n) is 3.20. The smallest absolute Gasteiger partial charge is 0.236 e. The Bertz CT molecular complexity index is 324. The number of nitrogens with one attached hydrogen (secondary N) is 1. The maximum absolute atomic E-state index is 12.7. The van der Waals surface area contributed by atoms with Crippen molar-refractivity contribution in [1.29, 1.82) is 0 Å². The van der Waals surface area contributed by atoms with Gasteiger partial charge in [0.2, 0.25) is 5.91 Å². The van der Waals surface area contributed by atoms with Crippen LogP contribution in [0.25, 0.3) is 0 Å². The van der Waals surface area contributed by atoms with Gasteiger partial charge in [0.15, 0.2) is 0 Å². The SMILES string of the molecule is CCSC(C(=O)N1CCC(N2CCNCC2)C1)C(C)C.Cl. The number of rotatable bonds is 5. The van der Waals surface area contributed by atoms with Crippen LogP contribution in [-0.2, 0) is 4.79 Å². The minimum atomic E-state index is 0. The molecular formula is C15H30ClN3OS. The quantitative estimate of drug-likeness (QED) is 0.829. The van der Waals surface area contributed by atoms with Gasteiger partial charge >= 0.3 is 0 Å². The Morgan fingerprint density at radius 2 is 1.95 bits per heavy atom. The lowest BCUT2D eigenvalue weighted by molar-refractivity contribution is -0.130. The molecule has 0 saturated carbocycles. The molecule has 0 aromatic rings. The van der Waals surface area contributed by atoms with Crippen molar-refractivity contribution < 1.29 is 4.79 Å². The Balaban J connectivity index is 0.00000220. The lowest BCUT2D eigenvalue weighted by Crippen LogP contribution is -2.50. The van der Waals surface area contributed by atoms with Crippen LogP contribution in [0, 0.1) is 5.92 Å². The average Bonchev–Trinajstić information content (AvgIpc) is 2.94. The molecule has 124 valence electrons. The van der Waals surface area contributed by atoms with Crippen LogP contribution >= 0.6 is 24.2 Å². The molecule has 2 saturated heterocycles. The predicted octanol–water partition coefficient (Wildman–Crippen LogP) is 1.69. The molecule has 21 heavy (non-hydrogen) atoms. The van der Waals surface area contributed by atoms with Crippen molar-refractivity contribution in [2.24, 2.45) is 5.92 Å². The number of hydrogen-bond donors (Lipinski definition) is 1. The first-order valence-corrected chi connectivity index (χ1v) is 9.03. The van der Waals surface area contributed by atoms with Crippen molar-refractivity contribution in [2.45, 2.75) is 38.5 Å². The second-order valence-electron chi connectivity index (χ2n) is 6.13. The normalized spacial score (nSPS) is 25.0. The highest BCUT2D eigenvalue weighted by molar-refractivity contribution is 8.00. The summed E-state index contributed by atoms with van der Waals surface area (Å²) in [5.74, 6) is 1.80. The van der Waals surface area contributed by atoms with E-state index in [1.54, 1.807) is 11.8 Å². The molecule has 0 aromatic heterocycles. The first kappa shape index (κ1) is 19.1. The van der Waals surface area contributed by atoms with Crippen LogP contribution in [0.2, 0.25) is 0 Å². The Labute approximate surface area is 139 Å². The average molecular weight is 336 g/mol. The lowest BCUT2D eigenvalue weighted by atomic mass is 10.1. The molecule has 0 aliphatic carbocycles. The van der Waals surface area contributed by atoms with Crippen LogP contribution in [0.4, 0.5) is 0 Å². The van der Waals surface area contributed by atoms with Gasteiger partial charge in [-0.2, -0.15) is 0 Å². The van der Waals surface area contributed by atoms with Crippen LogP contribution in [0.15, 0.2) is 0 Å². The summed E-state index contributed by atoms with van der Waals surface area (Å²) in [6.07, 6.45) is 1.15. The van der Waals surface area contributed by atoms with Gasteiger partial charge in [-0.3, -0.25) is 9.69 Å². The van der Waals surface area contributed by atoms with E-state index < -0.39 is 0 Å². The van der Waals surface area contributed by atoms with Crippen molar-refractivity contribution in [2.75, 3.05) is 45.0 Å². The summed E-state index contributed by atoms with van der Waals surface area (Å²) in [6.45, 7) is 12.8. The van der Waals surface area contributed by atoms with E-state index >= 15 is 0 Å². The Hall–Kier alpha value is 0.0300. The number of nitrogens with zero attached hydrogens (tertiary/aromatic N) is 2. The van der Waals surface area contributed by atoms with Crippen molar-refractivity contribution in [1.82, 2.24) is 15.1 Å². The van der Waals surface area contributed by atoms with E-state index in [2.05, 4.69) is 35.9 Å². The number of thioether (sulfide) groups is 1. The molecule has 6 heteroatoms. The Morgan fingerprint density at radius 1 is 1.29 bits per heavy atom. The van der Waals surface area contributed by atoms with Crippen molar-refractivity contribution in [3.05, 3.63) is 0 Å². The predicted molar refractivity (Wildman–Crippen MR) is 93.4 cm³/mol. The van der Waals surface area contributed by atoms with Crippen molar-refractivity contribution in [3.63, 3.8) is 0 Å². The maximum Gasteiger partial charge on any atom is 0.236 e. The second kappa shape index (κ2) is 9.23. The fraction of sp³-hybridized carbons (Fsp3) is 0.933. The molecule has 0 radical (unpaired) electrons. The molecule has 1 amide bonds. The highest BCUT2D eigenvalue weighted by atomic mass is 35.5. The molecule has 2 atom stereocenters. The van der Waals surface area contributed by atoms with E-state index in [4.69, 9.17) is 0 Å². The zero-order valence-corrected chi connectivity index (χ0v) is 15.1. The van der Waals surface area contributed by atoms with Crippen LogP contribution in [0.3, 0.4) is 0 Å². The van der Waals surface area contributed by atoms with E-state index in [9.17, 15) is 4.79 Å². The van der Waals surface area contributed by atoms with Gasteiger partial charge in [-0.25, -0.2) is 0 Å². The molecule has 2 heterocycles. The van der Waals surface area contributed by atoms with E-state index in [-0.39, 0.29) is 17.7 Å². The van der Waals surface area contributed by atoms with Gasteiger partial charge in [-0.05, 0) is 18.1 Å². The summed E-state index contributed by atoms with van der Waals surface area (Å²) in [5.41, 5.74) is 0. The van der Waals surface area contributed by atoms with Crippen LogP contribution in [0.1, 0.15) is 27.2 Å². The van der Waals surface area contributed by atoms with Gasteiger partial charge in [0.25, 0.3) is 0 Å². The van der Waals surface area contributed by atoms with Gasteiger partial charge in [0, 0.05) is 45.3 Å². The lowest BCUT2D eigenvalue weighted by Gasteiger charge is -2.33. The topological polar surface area (TPSA) is 35.6 Å². The number of amides is 1. The fourth-order valence-corrected chi connectivity index (χ4v) is 4.23. The molecule has 0 spiro atoms. The molecule has 2 aliphatic rings. The van der Waals surface area contributed by atoms with E-state index in [0.717, 1.165) is 51.4 Å². The summed E-state index contributed by atoms with van der Waals surface area (Å²) in [4.78, 5) is 17.3. The molecule has 2 rings (SSSR count). The second-order valence-corrected chi connectivity index (χ2v) is 7.55. The molecule has 2 unspecified atom stereocenters. The van der Waals surface area contributed by atoms with E-state index in [0.29, 0.717) is 17.9 Å². The molecule has 4 nitrogen and oxygen atoms in total. The van der Waals surface area contributed by atoms with Crippen LogP contribution in [0.5, 0.6) is 0 Å². The summed E-state index contributed by atoms with van der Waals surface area (Å²) in [7, 11) is 0. The minimum absolute atomic E-state index is 0. The molecule has 2 fully saturated rings. The van der Waals surface area contributed by atoms with Crippen LogP contribution in [-0.4, -0.2) is 72.0 Å². The Morgan fingerprint density at radius 3 is 2.52 bits per heavy atom. The standard InChI is InChI=1S/C15H29N3OS.ClH/c1-4-20-14(12(2)3)15(19)18-8-5-13(11-18)17-9-6-16-7-10-17;/h12-14,16H,4-11H2,1-3H3;1H. The highest BCUT2D eigenvalue weighted by Crippen LogP contribution is 2.25. The number of likely N-dealkylation sites (tertiary alicyclic amines) is 1. The van der Waals surface area contributed by atoms with Gasteiger partial charge in [0.05, 0.1) is 5.25 Å². The third kappa shape index (κ3) is 5.02. The molecule has 0 bridgehead atoms. The Kier molecular flexibility index (Phi) is 8.39. The van der Waals surface area contributed by atoms with Crippen molar-refractivity contribution >= 4 is 30.1 Å². The number of hydrogen-bond acceptors (Lipinski definition) is 4. The minimum Gasteiger partial charge on any atom is -0.340 e. The van der Waals surface area contributed by atoms with Gasteiger partial charge in [-0.1, -0.05) is 20.8 Å². The zero-order chi connectivity index (χ0) is 14.5. The first-order chi connectivity index (χ1) is 9.63. The molecule has 1 N–H and O–H groups in total. The van der Waals surface area contributed by atoms with Crippen LogP contribution < -0.4 is 5.32 Å². The van der Waals surface area contributed by atoms with Gasteiger partial charge in [-0.15, -0.1) is 24.2 Å². The summed E-state index contributed by atoms with van der Waals surface area (Å²) >= 11 is 1.80. The molecule has 2 aliphatic heterocycles. The zero-order valence-electron chi connectivity index (χ0n) is 13.5. The highest BCUT2D eigenvalue weighted by Gasteiger charge is 2.34. The monoisotopic (exact) mass is 335 g/mol. The third-order valence-corrected chi connectivity index (χ3v) is 5.78. The summed E-state index contributed by atoms with van der Waals surface area (Å²) in [6, 6.07) is 0.584. The van der Waals surface area contributed by atoms with Gasteiger partial charge < -0.3 is 10.2 Å². The maximum atomic E-state index is 12.7. The number of carbonyl (C=O) groups excluding carboxylic acids is 1. The number of carbonyl (C=O) groups is 1. The summed E-state index contributed by atoms with van der Waals surface area (Å²) < 4.78 is 0.